The maximum absolute atomic E-state index is 11.9. The van der Waals surface area contributed by atoms with Crippen molar-refractivity contribution in [3.63, 3.8) is 0 Å². The molecule has 2 N–H and O–H groups in total. The second-order valence-corrected chi connectivity index (χ2v) is 5.99. The van der Waals surface area contributed by atoms with Crippen LogP contribution in [-0.4, -0.2) is 25.1 Å². The summed E-state index contributed by atoms with van der Waals surface area (Å²) >= 11 is 0. The highest BCUT2D eigenvalue weighted by atomic mass is 16.5. The molecule has 0 bridgehead atoms. The van der Waals surface area contributed by atoms with Gasteiger partial charge < -0.3 is 15.4 Å². The number of hydrogen-bond acceptors (Lipinski definition) is 3. The third-order valence-corrected chi connectivity index (χ3v) is 4.06. The molecule has 1 aliphatic rings. The molecule has 1 fully saturated rings. The number of anilines is 1. The van der Waals surface area contributed by atoms with Crippen molar-refractivity contribution in [3.05, 3.63) is 24.3 Å². The van der Waals surface area contributed by atoms with Gasteiger partial charge in [-0.3, -0.25) is 4.79 Å². The SMILES string of the molecule is CCCCOc1ccc(NC(=O)CNC2CCCCC2)cc1. The summed E-state index contributed by atoms with van der Waals surface area (Å²) in [6.07, 6.45) is 8.45. The van der Waals surface area contributed by atoms with E-state index in [4.69, 9.17) is 4.74 Å². The summed E-state index contributed by atoms with van der Waals surface area (Å²) in [4.78, 5) is 11.9. The number of rotatable bonds is 8. The van der Waals surface area contributed by atoms with Crippen LogP contribution < -0.4 is 15.4 Å². The molecule has 1 saturated carbocycles. The topological polar surface area (TPSA) is 50.4 Å². The van der Waals surface area contributed by atoms with Crippen molar-refractivity contribution in [1.82, 2.24) is 5.32 Å². The predicted octanol–water partition coefficient (Wildman–Crippen LogP) is 3.73. The molecule has 1 aromatic rings. The smallest absolute Gasteiger partial charge is 0.238 e. The van der Waals surface area contributed by atoms with Gasteiger partial charge >= 0.3 is 0 Å². The van der Waals surface area contributed by atoms with Gasteiger partial charge in [0.2, 0.25) is 5.91 Å². The van der Waals surface area contributed by atoms with E-state index in [9.17, 15) is 4.79 Å². The van der Waals surface area contributed by atoms with E-state index >= 15 is 0 Å². The Balaban J connectivity index is 1.69. The number of benzene rings is 1. The van der Waals surface area contributed by atoms with Gasteiger partial charge in [-0.25, -0.2) is 0 Å². The minimum atomic E-state index is 0.0187. The third-order valence-electron chi connectivity index (χ3n) is 4.06. The number of hydrogen-bond donors (Lipinski definition) is 2. The number of nitrogens with one attached hydrogen (secondary N) is 2. The molecule has 4 nitrogen and oxygen atoms in total. The minimum absolute atomic E-state index is 0.0187. The van der Waals surface area contributed by atoms with Crippen molar-refractivity contribution in [2.45, 2.75) is 57.9 Å². The van der Waals surface area contributed by atoms with Crippen LogP contribution in [0.5, 0.6) is 5.75 Å². The first kappa shape index (κ1) is 16.8. The molecule has 1 amide bonds. The van der Waals surface area contributed by atoms with Crippen LogP contribution in [0.4, 0.5) is 5.69 Å². The Kier molecular flexibility index (Phi) is 7.23. The van der Waals surface area contributed by atoms with E-state index in [0.29, 0.717) is 12.6 Å². The van der Waals surface area contributed by atoms with Crippen LogP contribution in [0, 0.1) is 0 Å². The fourth-order valence-corrected chi connectivity index (χ4v) is 2.72. The standard InChI is InChI=1S/C18H28N2O2/c1-2-3-13-22-17-11-9-16(10-12-17)20-18(21)14-19-15-7-5-4-6-8-15/h9-12,15,19H,2-8,13-14H2,1H3,(H,20,21). The van der Waals surface area contributed by atoms with Crippen molar-refractivity contribution in [3.8, 4) is 5.75 Å². The Labute approximate surface area is 133 Å². The summed E-state index contributed by atoms with van der Waals surface area (Å²) in [7, 11) is 0. The Bertz CT molecular complexity index is 439. The second kappa shape index (κ2) is 9.46. The van der Waals surface area contributed by atoms with E-state index in [2.05, 4.69) is 17.6 Å². The summed E-state index contributed by atoms with van der Waals surface area (Å²) in [5.41, 5.74) is 0.818. The highest BCUT2D eigenvalue weighted by Crippen LogP contribution is 2.18. The Hall–Kier alpha value is -1.55. The van der Waals surface area contributed by atoms with Crippen LogP contribution in [-0.2, 0) is 4.79 Å². The van der Waals surface area contributed by atoms with Crippen LogP contribution in [0.2, 0.25) is 0 Å². The molecule has 4 heteroatoms. The van der Waals surface area contributed by atoms with Crippen molar-refractivity contribution in [1.29, 1.82) is 0 Å². The highest BCUT2D eigenvalue weighted by Gasteiger charge is 2.13. The highest BCUT2D eigenvalue weighted by molar-refractivity contribution is 5.92. The quantitative estimate of drug-likeness (QED) is 0.720. The largest absolute Gasteiger partial charge is 0.494 e. The van der Waals surface area contributed by atoms with Crippen molar-refractivity contribution < 1.29 is 9.53 Å². The molecule has 122 valence electrons. The molecule has 1 aliphatic carbocycles. The summed E-state index contributed by atoms with van der Waals surface area (Å²) in [5, 5.41) is 6.27. The van der Waals surface area contributed by atoms with E-state index in [1.807, 2.05) is 24.3 Å². The molecule has 0 spiro atoms. The lowest BCUT2D eigenvalue weighted by atomic mass is 9.95. The molecule has 0 aromatic heterocycles. The fourth-order valence-electron chi connectivity index (χ4n) is 2.72. The average Bonchev–Trinajstić information content (AvgIpc) is 2.56. The summed E-state index contributed by atoms with van der Waals surface area (Å²) < 4.78 is 5.61. The number of ether oxygens (including phenoxy) is 1. The fraction of sp³-hybridized carbons (Fsp3) is 0.611. The summed E-state index contributed by atoms with van der Waals surface area (Å²) in [5.74, 6) is 0.872. The molecule has 1 aromatic carbocycles. The van der Waals surface area contributed by atoms with Gasteiger partial charge in [-0.15, -0.1) is 0 Å². The zero-order valence-corrected chi connectivity index (χ0v) is 13.6. The van der Waals surface area contributed by atoms with Gasteiger partial charge in [0.15, 0.2) is 0 Å². The lowest BCUT2D eigenvalue weighted by Crippen LogP contribution is -2.37. The maximum atomic E-state index is 11.9. The number of unbranched alkanes of at least 4 members (excludes halogenated alkanes) is 1. The van der Waals surface area contributed by atoms with Gasteiger partial charge in [0.25, 0.3) is 0 Å². The lowest BCUT2D eigenvalue weighted by Gasteiger charge is -2.22. The van der Waals surface area contributed by atoms with Crippen molar-refractivity contribution in [2.24, 2.45) is 0 Å². The maximum Gasteiger partial charge on any atom is 0.238 e. The average molecular weight is 304 g/mol. The molecular weight excluding hydrogens is 276 g/mol. The van der Waals surface area contributed by atoms with Gasteiger partial charge in [0.1, 0.15) is 5.75 Å². The molecular formula is C18H28N2O2. The molecule has 0 radical (unpaired) electrons. The zero-order chi connectivity index (χ0) is 15.6. The van der Waals surface area contributed by atoms with Crippen molar-refractivity contribution in [2.75, 3.05) is 18.5 Å². The molecule has 2 rings (SSSR count). The monoisotopic (exact) mass is 304 g/mol. The molecule has 0 saturated heterocycles. The predicted molar refractivity (Wildman–Crippen MR) is 90.4 cm³/mol. The Morgan fingerprint density at radius 2 is 1.91 bits per heavy atom. The molecule has 0 unspecified atom stereocenters. The van der Waals surface area contributed by atoms with Gasteiger partial charge in [-0.2, -0.15) is 0 Å². The first-order valence-corrected chi connectivity index (χ1v) is 8.54. The number of amides is 1. The van der Waals surface area contributed by atoms with Gasteiger partial charge in [0, 0.05) is 11.7 Å². The van der Waals surface area contributed by atoms with Crippen LogP contribution in [0.3, 0.4) is 0 Å². The van der Waals surface area contributed by atoms with E-state index < -0.39 is 0 Å². The van der Waals surface area contributed by atoms with Crippen LogP contribution in [0.15, 0.2) is 24.3 Å². The van der Waals surface area contributed by atoms with Gasteiger partial charge in [-0.05, 0) is 43.5 Å². The molecule has 22 heavy (non-hydrogen) atoms. The molecule has 0 aliphatic heterocycles. The lowest BCUT2D eigenvalue weighted by molar-refractivity contribution is -0.115. The van der Waals surface area contributed by atoms with E-state index in [0.717, 1.165) is 30.9 Å². The number of carbonyl (C=O) groups excluding carboxylic acids is 1. The minimum Gasteiger partial charge on any atom is -0.494 e. The second-order valence-electron chi connectivity index (χ2n) is 5.99. The third kappa shape index (κ3) is 6.06. The first-order chi connectivity index (χ1) is 10.8. The first-order valence-electron chi connectivity index (χ1n) is 8.54. The van der Waals surface area contributed by atoms with E-state index in [1.54, 1.807) is 0 Å². The van der Waals surface area contributed by atoms with Crippen molar-refractivity contribution >= 4 is 11.6 Å². The summed E-state index contributed by atoms with van der Waals surface area (Å²) in [6, 6.07) is 8.09. The molecule has 0 heterocycles. The van der Waals surface area contributed by atoms with Gasteiger partial charge in [0.05, 0.1) is 13.2 Å². The van der Waals surface area contributed by atoms with E-state index in [1.165, 1.54) is 32.1 Å². The van der Waals surface area contributed by atoms with Gasteiger partial charge in [-0.1, -0.05) is 32.6 Å². The van der Waals surface area contributed by atoms with Crippen LogP contribution in [0.25, 0.3) is 0 Å². The van der Waals surface area contributed by atoms with Crippen LogP contribution in [0.1, 0.15) is 51.9 Å². The zero-order valence-electron chi connectivity index (χ0n) is 13.6. The summed E-state index contributed by atoms with van der Waals surface area (Å²) in [6.45, 7) is 3.27. The van der Waals surface area contributed by atoms with Crippen LogP contribution >= 0.6 is 0 Å². The molecule has 0 atom stereocenters. The normalized spacial score (nSPS) is 15.5. The number of carbonyl (C=O) groups is 1. The Morgan fingerprint density at radius 3 is 2.59 bits per heavy atom. The van der Waals surface area contributed by atoms with E-state index in [-0.39, 0.29) is 5.91 Å². The Morgan fingerprint density at radius 1 is 1.18 bits per heavy atom.